The number of alkyl halides is 3. The van der Waals surface area contributed by atoms with Crippen molar-refractivity contribution in [3.05, 3.63) is 21.7 Å². The van der Waals surface area contributed by atoms with Crippen LogP contribution < -0.4 is 10.3 Å². The monoisotopic (exact) mass is 242 g/mol. The topological polar surface area (TPSA) is 55.0 Å². The van der Waals surface area contributed by atoms with Crippen LogP contribution in [-0.4, -0.2) is 22.2 Å². The number of H-pyrrole nitrogens is 1. The van der Waals surface area contributed by atoms with Crippen LogP contribution in [0.3, 0.4) is 0 Å². The molecule has 1 heterocycles. The van der Waals surface area contributed by atoms with Crippen LogP contribution in [-0.2, 0) is 0 Å². The lowest BCUT2D eigenvalue weighted by atomic mass is 10.4. The molecule has 0 radical (unpaired) electrons. The molecule has 8 heteroatoms. The molecule has 0 aliphatic heterocycles. The Morgan fingerprint density at radius 3 is 2.73 bits per heavy atom. The maximum atomic E-state index is 12.1. The third-order valence-corrected chi connectivity index (χ3v) is 1.85. The average Bonchev–Trinajstić information content (AvgIpc) is 2.11. The average molecular weight is 243 g/mol. The van der Waals surface area contributed by atoms with E-state index in [9.17, 15) is 18.0 Å². The first kappa shape index (κ1) is 11.8. The minimum atomic E-state index is -4.53. The second kappa shape index (κ2) is 4.09. The van der Waals surface area contributed by atoms with Gasteiger partial charge in [-0.25, -0.2) is 4.98 Å². The molecule has 0 saturated heterocycles. The Hall–Kier alpha value is -1.24. The number of ether oxygens (including phenoxy) is 1. The summed E-state index contributed by atoms with van der Waals surface area (Å²) < 4.78 is 40.7. The highest BCUT2D eigenvalue weighted by atomic mass is 35.5. The third kappa shape index (κ3) is 2.85. The van der Waals surface area contributed by atoms with Crippen molar-refractivity contribution in [2.45, 2.75) is 19.2 Å². The van der Waals surface area contributed by atoms with Gasteiger partial charge >= 0.3 is 6.18 Å². The Kier molecular flexibility index (Phi) is 3.23. The number of nitrogens with zero attached hydrogens (tertiary/aromatic N) is 1. The van der Waals surface area contributed by atoms with Crippen LogP contribution >= 0.6 is 11.6 Å². The number of aromatic amines is 1. The van der Waals surface area contributed by atoms with E-state index in [2.05, 4.69) is 14.7 Å². The van der Waals surface area contributed by atoms with Gasteiger partial charge in [0.1, 0.15) is 0 Å². The van der Waals surface area contributed by atoms with Gasteiger partial charge in [0.15, 0.2) is 11.1 Å². The molecular weight excluding hydrogens is 237 g/mol. The summed E-state index contributed by atoms with van der Waals surface area (Å²) >= 11 is 5.39. The van der Waals surface area contributed by atoms with E-state index in [1.807, 2.05) is 0 Å². The van der Waals surface area contributed by atoms with Crippen molar-refractivity contribution in [2.24, 2.45) is 0 Å². The van der Waals surface area contributed by atoms with Crippen LogP contribution in [0.1, 0.15) is 6.92 Å². The molecule has 0 amide bonds. The van der Waals surface area contributed by atoms with Gasteiger partial charge in [-0.2, -0.15) is 13.2 Å². The van der Waals surface area contributed by atoms with Crippen molar-refractivity contribution < 1.29 is 17.9 Å². The van der Waals surface area contributed by atoms with Gasteiger partial charge < -0.3 is 9.72 Å². The van der Waals surface area contributed by atoms with Crippen molar-refractivity contribution in [1.82, 2.24) is 9.97 Å². The zero-order valence-electron chi connectivity index (χ0n) is 7.43. The lowest BCUT2D eigenvalue weighted by Gasteiger charge is -2.16. The van der Waals surface area contributed by atoms with Gasteiger partial charge in [-0.1, -0.05) is 11.6 Å². The molecule has 1 aromatic heterocycles. The van der Waals surface area contributed by atoms with Crippen molar-refractivity contribution in [3.8, 4) is 5.88 Å². The molecule has 1 N–H and O–H groups in total. The molecule has 0 aromatic carbocycles. The van der Waals surface area contributed by atoms with E-state index in [-0.39, 0.29) is 0 Å². The van der Waals surface area contributed by atoms with E-state index < -0.39 is 28.7 Å². The lowest BCUT2D eigenvalue weighted by Crippen LogP contribution is -2.32. The Morgan fingerprint density at radius 2 is 2.20 bits per heavy atom. The summed E-state index contributed by atoms with van der Waals surface area (Å²) in [6.07, 6.45) is -5.70. The minimum absolute atomic E-state index is 0.506. The molecule has 4 nitrogen and oxygen atoms in total. The third-order valence-electron chi connectivity index (χ3n) is 1.51. The number of hydrogen-bond donors (Lipinski definition) is 1. The highest BCUT2D eigenvalue weighted by Gasteiger charge is 2.38. The largest absolute Gasteiger partial charge is 0.464 e. The van der Waals surface area contributed by atoms with Crippen molar-refractivity contribution >= 4 is 11.6 Å². The molecule has 1 atom stereocenters. The maximum absolute atomic E-state index is 12.1. The standard InChI is InChI=1S/C7H6ClF3N2O2/c1-3(7(9,10)11)15-6-4(8)5(14)12-2-13-6/h2-3H,1H3,(H,12,13,14). The minimum Gasteiger partial charge on any atom is -0.464 e. The SMILES string of the molecule is CC(Oc1nc[nH]c(=O)c1Cl)C(F)(F)F. The number of nitrogens with one attached hydrogen (secondary N) is 1. The summed E-state index contributed by atoms with van der Waals surface area (Å²) in [5, 5.41) is -0.506. The molecule has 1 unspecified atom stereocenters. The smallest absolute Gasteiger partial charge is 0.425 e. The number of halogens is 4. The predicted octanol–water partition coefficient (Wildman–Crippen LogP) is 1.75. The summed E-state index contributed by atoms with van der Waals surface area (Å²) in [6, 6.07) is 0. The fourth-order valence-electron chi connectivity index (χ4n) is 0.683. The Morgan fingerprint density at radius 1 is 1.60 bits per heavy atom. The molecule has 0 bridgehead atoms. The predicted molar refractivity (Wildman–Crippen MR) is 46.0 cm³/mol. The summed E-state index contributed by atoms with van der Waals surface area (Å²) in [6.45, 7) is 0.791. The van der Waals surface area contributed by atoms with Gasteiger partial charge in [-0.05, 0) is 6.92 Å². The normalized spacial score (nSPS) is 13.7. The van der Waals surface area contributed by atoms with E-state index in [0.29, 0.717) is 0 Å². The van der Waals surface area contributed by atoms with Gasteiger partial charge in [0.05, 0.1) is 6.33 Å². The van der Waals surface area contributed by atoms with Crippen LogP contribution in [0.5, 0.6) is 5.88 Å². The van der Waals surface area contributed by atoms with Gasteiger partial charge in [-0.15, -0.1) is 0 Å². The Balaban J connectivity index is 2.91. The second-order valence-electron chi connectivity index (χ2n) is 2.65. The van der Waals surface area contributed by atoms with Gasteiger partial charge in [0.2, 0.25) is 5.88 Å². The Labute approximate surface area is 87.0 Å². The van der Waals surface area contributed by atoms with Gasteiger partial charge in [0.25, 0.3) is 5.56 Å². The first-order valence-electron chi connectivity index (χ1n) is 3.79. The number of aromatic nitrogens is 2. The van der Waals surface area contributed by atoms with Crippen molar-refractivity contribution in [3.63, 3.8) is 0 Å². The molecule has 0 fully saturated rings. The van der Waals surface area contributed by atoms with Crippen LogP contribution in [0.15, 0.2) is 11.1 Å². The van der Waals surface area contributed by atoms with Crippen LogP contribution in [0.4, 0.5) is 13.2 Å². The van der Waals surface area contributed by atoms with Crippen molar-refractivity contribution in [2.75, 3.05) is 0 Å². The van der Waals surface area contributed by atoms with Gasteiger partial charge in [0, 0.05) is 0 Å². The van der Waals surface area contributed by atoms with Crippen LogP contribution in [0, 0.1) is 0 Å². The van der Waals surface area contributed by atoms with Crippen LogP contribution in [0.2, 0.25) is 5.02 Å². The number of hydrogen-bond acceptors (Lipinski definition) is 3. The number of rotatable bonds is 2. The molecule has 0 saturated carbocycles. The molecule has 84 valence electrons. The first-order chi connectivity index (χ1) is 6.82. The van der Waals surface area contributed by atoms with Crippen molar-refractivity contribution in [1.29, 1.82) is 0 Å². The molecule has 0 aliphatic carbocycles. The Bertz CT molecular complexity index is 404. The molecule has 0 aliphatic rings. The molecule has 1 aromatic rings. The van der Waals surface area contributed by atoms with E-state index in [1.165, 1.54) is 0 Å². The van der Waals surface area contributed by atoms with E-state index in [0.717, 1.165) is 13.3 Å². The van der Waals surface area contributed by atoms with E-state index in [1.54, 1.807) is 0 Å². The zero-order chi connectivity index (χ0) is 11.6. The molecule has 1 rings (SSSR count). The summed E-state index contributed by atoms with van der Waals surface area (Å²) in [7, 11) is 0. The first-order valence-corrected chi connectivity index (χ1v) is 4.16. The summed E-state index contributed by atoms with van der Waals surface area (Å²) in [4.78, 5) is 16.4. The quantitative estimate of drug-likeness (QED) is 0.860. The molecule has 15 heavy (non-hydrogen) atoms. The van der Waals surface area contributed by atoms with Crippen LogP contribution in [0.25, 0.3) is 0 Å². The maximum Gasteiger partial charge on any atom is 0.425 e. The highest BCUT2D eigenvalue weighted by Crippen LogP contribution is 2.25. The fraction of sp³-hybridized carbons (Fsp3) is 0.429. The zero-order valence-corrected chi connectivity index (χ0v) is 8.19. The van der Waals surface area contributed by atoms with E-state index in [4.69, 9.17) is 11.6 Å². The lowest BCUT2D eigenvalue weighted by molar-refractivity contribution is -0.189. The summed E-state index contributed by atoms with van der Waals surface area (Å²) in [5.41, 5.74) is -0.754. The fourth-order valence-corrected chi connectivity index (χ4v) is 0.831. The second-order valence-corrected chi connectivity index (χ2v) is 3.03. The van der Waals surface area contributed by atoms with E-state index >= 15 is 0 Å². The van der Waals surface area contributed by atoms with Gasteiger partial charge in [-0.3, -0.25) is 4.79 Å². The highest BCUT2D eigenvalue weighted by molar-refractivity contribution is 6.31. The molecular formula is C7H6ClF3N2O2. The molecule has 0 spiro atoms. The summed E-state index contributed by atoms with van der Waals surface area (Å²) in [5.74, 6) is -0.537.